The third-order valence-electron chi connectivity index (χ3n) is 4.27. The molecule has 4 nitrogen and oxygen atoms in total. The van der Waals surface area contributed by atoms with Gasteiger partial charge in [-0.25, -0.2) is 0 Å². The van der Waals surface area contributed by atoms with Gasteiger partial charge in [0.1, 0.15) is 0 Å². The van der Waals surface area contributed by atoms with Crippen molar-refractivity contribution in [1.29, 1.82) is 0 Å². The van der Waals surface area contributed by atoms with Crippen molar-refractivity contribution >= 4 is 11.9 Å². The lowest BCUT2D eigenvalue weighted by molar-refractivity contribution is -0.137. The van der Waals surface area contributed by atoms with Gasteiger partial charge in [-0.3, -0.25) is 9.59 Å². The summed E-state index contributed by atoms with van der Waals surface area (Å²) in [4.78, 5) is 24.3. The molecular weight excluding hydrogens is 328 g/mol. The van der Waals surface area contributed by atoms with Gasteiger partial charge in [-0.2, -0.15) is 0 Å². The van der Waals surface area contributed by atoms with Gasteiger partial charge in [0.15, 0.2) is 11.5 Å². The van der Waals surface area contributed by atoms with E-state index in [1.807, 2.05) is 12.1 Å². The van der Waals surface area contributed by atoms with Gasteiger partial charge in [-0.15, -0.1) is 0 Å². The van der Waals surface area contributed by atoms with Crippen molar-refractivity contribution in [3.63, 3.8) is 0 Å². The van der Waals surface area contributed by atoms with Crippen molar-refractivity contribution in [1.82, 2.24) is 0 Å². The molecule has 0 spiro atoms. The molecule has 0 unspecified atom stereocenters. The molecule has 26 heavy (non-hydrogen) atoms. The van der Waals surface area contributed by atoms with Gasteiger partial charge in [-0.1, -0.05) is 65.0 Å². The lowest BCUT2D eigenvalue weighted by Gasteiger charge is -2.14. The summed E-state index contributed by atoms with van der Waals surface area (Å²) < 4.78 is 11.2. The molecule has 4 heteroatoms. The maximum absolute atomic E-state index is 12.2. The molecule has 0 heterocycles. The summed E-state index contributed by atoms with van der Waals surface area (Å²) in [6, 6.07) is 5.51. The van der Waals surface area contributed by atoms with Gasteiger partial charge in [0, 0.05) is 12.8 Å². The van der Waals surface area contributed by atoms with Crippen molar-refractivity contribution in [2.24, 2.45) is 0 Å². The van der Waals surface area contributed by atoms with Crippen LogP contribution in [0.25, 0.3) is 0 Å². The molecular formula is C22H34O4. The van der Waals surface area contributed by atoms with Crippen LogP contribution in [0.2, 0.25) is 0 Å². The van der Waals surface area contributed by atoms with E-state index in [1.54, 1.807) is 6.07 Å². The number of carbonyl (C=O) groups is 2. The van der Waals surface area contributed by atoms with Crippen LogP contribution in [0, 0.1) is 0 Å². The number of carbonyl (C=O) groups excluding carboxylic acids is 2. The van der Waals surface area contributed by atoms with Crippen molar-refractivity contribution < 1.29 is 19.1 Å². The summed E-state index contributed by atoms with van der Waals surface area (Å²) in [5.41, 5.74) is 0.926. The smallest absolute Gasteiger partial charge is 0.311 e. The van der Waals surface area contributed by atoms with E-state index < -0.39 is 0 Å². The summed E-state index contributed by atoms with van der Waals surface area (Å²) in [6.45, 7) is 6.31. The quantitative estimate of drug-likeness (QED) is 0.245. The van der Waals surface area contributed by atoms with Crippen molar-refractivity contribution in [2.75, 3.05) is 0 Å². The van der Waals surface area contributed by atoms with Gasteiger partial charge < -0.3 is 9.47 Å². The molecule has 0 saturated heterocycles. The van der Waals surface area contributed by atoms with E-state index >= 15 is 0 Å². The maximum atomic E-state index is 12.2. The molecule has 0 fully saturated rings. The Morgan fingerprint density at radius 1 is 0.769 bits per heavy atom. The van der Waals surface area contributed by atoms with Crippen LogP contribution >= 0.6 is 0 Å². The minimum atomic E-state index is -0.269. The van der Waals surface area contributed by atoms with E-state index in [0.717, 1.165) is 63.4 Å². The topological polar surface area (TPSA) is 52.6 Å². The van der Waals surface area contributed by atoms with Crippen LogP contribution in [0.15, 0.2) is 18.2 Å². The molecule has 1 aromatic rings. The van der Waals surface area contributed by atoms with Gasteiger partial charge in [0.2, 0.25) is 0 Å². The number of hydrogen-bond donors (Lipinski definition) is 0. The minimum absolute atomic E-state index is 0.259. The van der Waals surface area contributed by atoms with Gasteiger partial charge in [0.05, 0.1) is 0 Å². The lowest BCUT2D eigenvalue weighted by atomic mass is 10.1. The Kier molecular flexibility index (Phi) is 11.4. The SMILES string of the molecule is CCCCCC(=O)Oc1cccc(CCCC)c1OC(=O)CCCCC. The fraction of sp³-hybridized carbons (Fsp3) is 0.636. The van der Waals surface area contributed by atoms with E-state index in [9.17, 15) is 9.59 Å². The monoisotopic (exact) mass is 362 g/mol. The molecule has 0 bridgehead atoms. The fourth-order valence-electron chi connectivity index (χ4n) is 2.70. The maximum Gasteiger partial charge on any atom is 0.311 e. The summed E-state index contributed by atoms with van der Waals surface area (Å²) in [7, 11) is 0. The molecule has 1 aromatic carbocycles. The van der Waals surface area contributed by atoms with Crippen molar-refractivity contribution in [3.8, 4) is 11.5 Å². The molecule has 0 atom stereocenters. The Morgan fingerprint density at radius 3 is 1.92 bits per heavy atom. The average Bonchev–Trinajstić information content (AvgIpc) is 2.62. The molecule has 0 saturated carbocycles. The van der Waals surface area contributed by atoms with Crippen LogP contribution in [0.3, 0.4) is 0 Å². The first kappa shape index (κ1) is 22.2. The predicted molar refractivity (Wildman–Crippen MR) is 105 cm³/mol. The molecule has 0 radical (unpaired) electrons. The Bertz CT molecular complexity index is 551. The van der Waals surface area contributed by atoms with Crippen molar-refractivity contribution in [2.45, 2.75) is 91.4 Å². The van der Waals surface area contributed by atoms with Gasteiger partial charge >= 0.3 is 11.9 Å². The second-order valence-electron chi connectivity index (χ2n) is 6.71. The highest BCUT2D eigenvalue weighted by molar-refractivity contribution is 5.76. The molecule has 0 amide bonds. The Balaban J connectivity index is 2.86. The van der Waals surface area contributed by atoms with E-state index in [0.29, 0.717) is 24.3 Å². The van der Waals surface area contributed by atoms with Crippen LogP contribution in [-0.2, 0) is 16.0 Å². The molecule has 0 aliphatic rings. The Hall–Kier alpha value is -1.84. The largest absolute Gasteiger partial charge is 0.423 e. The van der Waals surface area contributed by atoms with Crippen LogP contribution in [0.5, 0.6) is 11.5 Å². The Labute approximate surface area is 158 Å². The van der Waals surface area contributed by atoms with Gasteiger partial charge in [-0.05, 0) is 37.3 Å². The fourth-order valence-corrected chi connectivity index (χ4v) is 2.70. The van der Waals surface area contributed by atoms with E-state index in [4.69, 9.17) is 9.47 Å². The highest BCUT2D eigenvalue weighted by atomic mass is 16.6. The number of rotatable bonds is 13. The highest BCUT2D eigenvalue weighted by Gasteiger charge is 2.17. The van der Waals surface area contributed by atoms with Gasteiger partial charge in [0.25, 0.3) is 0 Å². The summed E-state index contributed by atoms with van der Waals surface area (Å²) in [6.07, 6.45) is 9.37. The molecule has 0 aromatic heterocycles. The predicted octanol–water partition coefficient (Wildman–Crippen LogP) is 6.00. The number of aryl methyl sites for hydroxylation is 1. The first-order valence-corrected chi connectivity index (χ1v) is 10.2. The first-order valence-electron chi connectivity index (χ1n) is 10.2. The third-order valence-corrected chi connectivity index (χ3v) is 4.27. The number of esters is 2. The lowest BCUT2D eigenvalue weighted by Crippen LogP contribution is -2.13. The van der Waals surface area contributed by atoms with Crippen LogP contribution in [-0.4, -0.2) is 11.9 Å². The number of hydrogen-bond acceptors (Lipinski definition) is 4. The zero-order chi connectivity index (χ0) is 19.2. The van der Waals surface area contributed by atoms with E-state index in [1.165, 1.54) is 0 Å². The number of ether oxygens (including phenoxy) is 2. The second-order valence-corrected chi connectivity index (χ2v) is 6.71. The van der Waals surface area contributed by atoms with Crippen LogP contribution in [0.1, 0.15) is 90.5 Å². The second kappa shape index (κ2) is 13.4. The average molecular weight is 363 g/mol. The molecule has 0 aliphatic carbocycles. The minimum Gasteiger partial charge on any atom is -0.423 e. The molecule has 146 valence electrons. The normalized spacial score (nSPS) is 10.6. The van der Waals surface area contributed by atoms with E-state index in [2.05, 4.69) is 20.8 Å². The summed E-state index contributed by atoms with van der Waals surface area (Å²) in [5.74, 6) is 0.260. The molecule has 0 N–H and O–H groups in total. The van der Waals surface area contributed by atoms with Crippen molar-refractivity contribution in [3.05, 3.63) is 23.8 Å². The zero-order valence-electron chi connectivity index (χ0n) is 16.6. The standard InChI is InChI=1S/C22H34O4/c1-4-7-10-16-20(23)25-19-15-12-14-18(13-9-6-3)22(19)26-21(24)17-11-8-5-2/h12,14-15H,4-11,13,16-17H2,1-3H3. The number of unbranched alkanes of at least 4 members (excludes halogenated alkanes) is 5. The highest BCUT2D eigenvalue weighted by Crippen LogP contribution is 2.33. The van der Waals surface area contributed by atoms with Crippen LogP contribution < -0.4 is 9.47 Å². The third kappa shape index (κ3) is 8.50. The molecule has 1 rings (SSSR count). The van der Waals surface area contributed by atoms with Crippen LogP contribution in [0.4, 0.5) is 0 Å². The number of benzene rings is 1. The first-order chi connectivity index (χ1) is 12.6. The number of para-hydroxylation sites is 1. The summed E-state index contributed by atoms with van der Waals surface area (Å²) >= 11 is 0. The zero-order valence-corrected chi connectivity index (χ0v) is 16.6. The summed E-state index contributed by atoms with van der Waals surface area (Å²) in [5, 5.41) is 0. The molecule has 0 aliphatic heterocycles. The Morgan fingerprint density at radius 2 is 1.35 bits per heavy atom. The van der Waals surface area contributed by atoms with E-state index in [-0.39, 0.29) is 11.9 Å².